The van der Waals surface area contributed by atoms with E-state index < -0.39 is 11.9 Å². The zero-order valence-corrected chi connectivity index (χ0v) is 11.6. The number of nitrogens with one attached hydrogen (secondary N) is 1. The van der Waals surface area contributed by atoms with Crippen molar-refractivity contribution in [3.05, 3.63) is 30.1 Å². The lowest BCUT2D eigenvalue weighted by molar-refractivity contribution is -0.141. The number of likely N-dealkylation sites (tertiary alicyclic amines) is 1. The van der Waals surface area contributed by atoms with E-state index in [0.29, 0.717) is 32.4 Å². The van der Waals surface area contributed by atoms with E-state index >= 15 is 0 Å². The lowest BCUT2D eigenvalue weighted by Crippen LogP contribution is -2.30. The van der Waals surface area contributed by atoms with Crippen LogP contribution in [-0.2, 0) is 16.0 Å². The van der Waals surface area contributed by atoms with E-state index in [1.54, 1.807) is 4.90 Å². The summed E-state index contributed by atoms with van der Waals surface area (Å²) in [6.07, 6.45) is 1.44. The molecular weight excluding hydrogens is 270 g/mol. The van der Waals surface area contributed by atoms with Gasteiger partial charge in [0.2, 0.25) is 5.91 Å². The van der Waals surface area contributed by atoms with Gasteiger partial charge in [-0.2, -0.15) is 0 Å². The van der Waals surface area contributed by atoms with Gasteiger partial charge in [0.05, 0.1) is 17.0 Å². The maximum Gasteiger partial charge on any atom is 0.308 e. The Hall–Kier alpha value is -2.37. The molecule has 1 fully saturated rings. The van der Waals surface area contributed by atoms with Crippen molar-refractivity contribution < 1.29 is 14.7 Å². The van der Waals surface area contributed by atoms with Gasteiger partial charge in [0.1, 0.15) is 5.82 Å². The average molecular weight is 287 g/mol. The molecule has 2 aromatic rings. The smallest absolute Gasteiger partial charge is 0.308 e. The summed E-state index contributed by atoms with van der Waals surface area (Å²) in [7, 11) is 0. The third-order valence-electron chi connectivity index (χ3n) is 3.90. The second kappa shape index (κ2) is 5.55. The average Bonchev–Trinajstić information content (AvgIpc) is 3.11. The fraction of sp³-hybridized carbons (Fsp3) is 0.400. The SMILES string of the molecule is O=C(O)[C@@H]1CCN(C(=O)CCc2nc3ccccc3[nH]2)C1. The predicted octanol–water partition coefficient (Wildman–Crippen LogP) is 1.43. The number of benzene rings is 1. The Balaban J connectivity index is 1.57. The molecule has 0 bridgehead atoms. The van der Waals surface area contributed by atoms with E-state index in [9.17, 15) is 9.59 Å². The number of H-pyrrole nitrogens is 1. The first-order valence-corrected chi connectivity index (χ1v) is 7.07. The lowest BCUT2D eigenvalue weighted by Gasteiger charge is -2.15. The molecule has 0 spiro atoms. The highest BCUT2D eigenvalue weighted by Gasteiger charge is 2.30. The summed E-state index contributed by atoms with van der Waals surface area (Å²) in [6.45, 7) is 0.865. The molecule has 1 atom stereocenters. The number of aryl methyl sites for hydroxylation is 1. The molecule has 0 unspecified atom stereocenters. The van der Waals surface area contributed by atoms with E-state index in [-0.39, 0.29) is 5.91 Å². The number of hydrogen-bond acceptors (Lipinski definition) is 3. The second-order valence-corrected chi connectivity index (χ2v) is 5.36. The molecule has 21 heavy (non-hydrogen) atoms. The van der Waals surface area contributed by atoms with Crippen LogP contribution < -0.4 is 0 Å². The maximum atomic E-state index is 12.1. The number of hydrogen-bond donors (Lipinski definition) is 2. The van der Waals surface area contributed by atoms with Crippen LogP contribution in [0.5, 0.6) is 0 Å². The van der Waals surface area contributed by atoms with Crippen LogP contribution in [0.3, 0.4) is 0 Å². The molecular formula is C15H17N3O3. The van der Waals surface area contributed by atoms with Gasteiger partial charge < -0.3 is 15.0 Å². The molecule has 1 aliphatic rings. The number of aromatic nitrogens is 2. The second-order valence-electron chi connectivity index (χ2n) is 5.36. The van der Waals surface area contributed by atoms with Gasteiger partial charge in [0.25, 0.3) is 0 Å². The quantitative estimate of drug-likeness (QED) is 0.890. The number of carbonyl (C=O) groups excluding carboxylic acids is 1. The van der Waals surface area contributed by atoms with Gasteiger partial charge in [-0.25, -0.2) is 4.98 Å². The van der Waals surface area contributed by atoms with Crippen molar-refractivity contribution in [1.82, 2.24) is 14.9 Å². The number of aromatic amines is 1. The molecule has 3 rings (SSSR count). The zero-order valence-electron chi connectivity index (χ0n) is 11.6. The van der Waals surface area contributed by atoms with Crippen LogP contribution in [0.15, 0.2) is 24.3 Å². The first kappa shape index (κ1) is 13.6. The van der Waals surface area contributed by atoms with Crippen molar-refractivity contribution in [2.75, 3.05) is 13.1 Å². The van der Waals surface area contributed by atoms with Crippen molar-refractivity contribution in [2.24, 2.45) is 5.92 Å². The highest BCUT2D eigenvalue weighted by molar-refractivity contribution is 5.79. The van der Waals surface area contributed by atoms with E-state index in [0.717, 1.165) is 16.9 Å². The number of aliphatic carboxylic acids is 1. The molecule has 0 saturated carbocycles. The monoisotopic (exact) mass is 287 g/mol. The summed E-state index contributed by atoms with van der Waals surface area (Å²) in [5.74, 6) is -0.444. The summed E-state index contributed by atoms with van der Waals surface area (Å²) < 4.78 is 0. The predicted molar refractivity (Wildman–Crippen MR) is 76.7 cm³/mol. The molecule has 1 amide bonds. The van der Waals surface area contributed by atoms with Crippen LogP contribution in [0.1, 0.15) is 18.7 Å². The molecule has 0 radical (unpaired) electrons. The van der Waals surface area contributed by atoms with Crippen molar-refractivity contribution >= 4 is 22.9 Å². The fourth-order valence-electron chi connectivity index (χ4n) is 2.70. The molecule has 2 heterocycles. The zero-order chi connectivity index (χ0) is 14.8. The Morgan fingerprint density at radius 1 is 1.38 bits per heavy atom. The largest absolute Gasteiger partial charge is 0.481 e. The van der Waals surface area contributed by atoms with Gasteiger partial charge in [-0.1, -0.05) is 12.1 Å². The van der Waals surface area contributed by atoms with Crippen LogP contribution >= 0.6 is 0 Å². The molecule has 1 aromatic carbocycles. The van der Waals surface area contributed by atoms with E-state index in [4.69, 9.17) is 5.11 Å². The number of para-hydroxylation sites is 2. The standard InChI is InChI=1S/C15H17N3O3/c19-14(18-8-7-10(9-18)15(20)21)6-5-13-16-11-3-1-2-4-12(11)17-13/h1-4,10H,5-9H2,(H,16,17)(H,20,21)/t10-/m1/s1. The number of fused-ring (bicyclic) bond motifs is 1. The van der Waals surface area contributed by atoms with E-state index in [1.807, 2.05) is 24.3 Å². The summed E-state index contributed by atoms with van der Waals surface area (Å²) >= 11 is 0. The number of rotatable bonds is 4. The van der Waals surface area contributed by atoms with Crippen molar-refractivity contribution in [1.29, 1.82) is 0 Å². The fourth-order valence-corrected chi connectivity index (χ4v) is 2.70. The summed E-state index contributed by atoms with van der Waals surface area (Å²) in [6, 6.07) is 7.74. The minimum absolute atomic E-state index is 0.000735. The molecule has 0 aliphatic carbocycles. The van der Waals surface area contributed by atoms with Crippen LogP contribution in [-0.4, -0.2) is 44.9 Å². The number of carboxylic acid groups (broad SMARTS) is 1. The minimum Gasteiger partial charge on any atom is -0.481 e. The Bertz CT molecular complexity index is 647. The summed E-state index contributed by atoms with van der Waals surface area (Å²) in [4.78, 5) is 32.3. The van der Waals surface area contributed by atoms with Crippen LogP contribution in [0, 0.1) is 5.92 Å². The minimum atomic E-state index is -0.817. The lowest BCUT2D eigenvalue weighted by atomic mass is 10.1. The van der Waals surface area contributed by atoms with Crippen molar-refractivity contribution in [2.45, 2.75) is 19.3 Å². The molecule has 1 aromatic heterocycles. The van der Waals surface area contributed by atoms with Crippen LogP contribution in [0.4, 0.5) is 0 Å². The normalized spacial score (nSPS) is 18.3. The van der Waals surface area contributed by atoms with E-state index in [2.05, 4.69) is 9.97 Å². The summed E-state index contributed by atoms with van der Waals surface area (Å²) in [5.41, 5.74) is 1.86. The Morgan fingerprint density at radius 2 is 2.19 bits per heavy atom. The molecule has 6 nitrogen and oxygen atoms in total. The molecule has 6 heteroatoms. The number of carboxylic acids is 1. The van der Waals surface area contributed by atoms with Gasteiger partial charge in [-0.05, 0) is 18.6 Å². The van der Waals surface area contributed by atoms with Crippen LogP contribution in [0.25, 0.3) is 11.0 Å². The highest BCUT2D eigenvalue weighted by Crippen LogP contribution is 2.18. The maximum absolute atomic E-state index is 12.1. The topological polar surface area (TPSA) is 86.3 Å². The number of imidazole rings is 1. The van der Waals surface area contributed by atoms with Gasteiger partial charge in [-0.15, -0.1) is 0 Å². The number of nitrogens with zero attached hydrogens (tertiary/aromatic N) is 2. The highest BCUT2D eigenvalue weighted by atomic mass is 16.4. The molecule has 2 N–H and O–H groups in total. The Kier molecular flexibility index (Phi) is 3.60. The number of carbonyl (C=O) groups is 2. The first-order valence-electron chi connectivity index (χ1n) is 7.07. The molecule has 110 valence electrons. The summed E-state index contributed by atoms with van der Waals surface area (Å²) in [5, 5.41) is 8.95. The third kappa shape index (κ3) is 2.89. The van der Waals surface area contributed by atoms with Gasteiger partial charge in [0.15, 0.2) is 0 Å². The van der Waals surface area contributed by atoms with Gasteiger partial charge >= 0.3 is 5.97 Å². The molecule has 1 aliphatic heterocycles. The first-order chi connectivity index (χ1) is 10.1. The van der Waals surface area contributed by atoms with Crippen molar-refractivity contribution in [3.8, 4) is 0 Å². The van der Waals surface area contributed by atoms with E-state index in [1.165, 1.54) is 0 Å². The third-order valence-corrected chi connectivity index (χ3v) is 3.90. The Labute approximate surface area is 121 Å². The van der Waals surface area contributed by atoms with Crippen molar-refractivity contribution in [3.63, 3.8) is 0 Å². The van der Waals surface area contributed by atoms with Gasteiger partial charge in [0, 0.05) is 25.9 Å². The van der Waals surface area contributed by atoms with Crippen LogP contribution in [0.2, 0.25) is 0 Å². The molecule has 1 saturated heterocycles. The Morgan fingerprint density at radius 3 is 2.90 bits per heavy atom. The number of amides is 1. The van der Waals surface area contributed by atoms with Gasteiger partial charge in [-0.3, -0.25) is 9.59 Å².